The van der Waals surface area contributed by atoms with Gasteiger partial charge in [0, 0.05) is 11.6 Å². The Morgan fingerprint density at radius 3 is 3.00 bits per heavy atom. The molecule has 2 aromatic rings. The highest BCUT2D eigenvalue weighted by Gasteiger charge is 2.07. The van der Waals surface area contributed by atoms with E-state index in [1.165, 1.54) is 16.8 Å². The highest BCUT2D eigenvalue weighted by atomic mass is 32.1. The van der Waals surface area contributed by atoms with Gasteiger partial charge in [0.25, 0.3) is 0 Å². The standard InChI is InChI=1S/C7H6N4O2S2/c12-5(10-6-8-1-2-14-6)3-11-7(13)15-4-9-11/h1-2,4H,3H2,(H,8,10,12). The average molecular weight is 242 g/mol. The fraction of sp³-hybridized carbons (Fsp3) is 0.143. The molecule has 0 saturated carbocycles. The van der Waals surface area contributed by atoms with E-state index in [9.17, 15) is 9.59 Å². The largest absolute Gasteiger partial charge is 0.325 e. The lowest BCUT2D eigenvalue weighted by atomic mass is 10.6. The maximum atomic E-state index is 11.4. The van der Waals surface area contributed by atoms with E-state index in [0.29, 0.717) is 5.13 Å². The van der Waals surface area contributed by atoms with Crippen molar-refractivity contribution in [2.75, 3.05) is 5.32 Å². The molecule has 0 unspecified atom stereocenters. The molecule has 6 nitrogen and oxygen atoms in total. The first kappa shape index (κ1) is 9.99. The van der Waals surface area contributed by atoms with Crippen LogP contribution in [-0.4, -0.2) is 20.7 Å². The van der Waals surface area contributed by atoms with E-state index in [0.717, 1.165) is 16.0 Å². The summed E-state index contributed by atoms with van der Waals surface area (Å²) in [6.45, 7) is -0.0814. The van der Waals surface area contributed by atoms with Crippen LogP contribution in [0.15, 0.2) is 21.9 Å². The van der Waals surface area contributed by atoms with E-state index < -0.39 is 0 Å². The van der Waals surface area contributed by atoms with Crippen molar-refractivity contribution in [3.8, 4) is 0 Å². The van der Waals surface area contributed by atoms with Gasteiger partial charge in [-0.1, -0.05) is 11.3 Å². The van der Waals surface area contributed by atoms with Crippen molar-refractivity contribution in [2.24, 2.45) is 0 Å². The third-order valence-corrected chi connectivity index (χ3v) is 2.82. The van der Waals surface area contributed by atoms with Crippen LogP contribution in [0, 0.1) is 0 Å². The SMILES string of the molecule is O=C(Cn1ncsc1=O)Nc1nccs1. The summed E-state index contributed by atoms with van der Waals surface area (Å²) in [6.07, 6.45) is 1.59. The van der Waals surface area contributed by atoms with Crippen LogP contribution in [0.2, 0.25) is 0 Å². The Kier molecular flexibility index (Phi) is 2.88. The van der Waals surface area contributed by atoms with Crippen LogP contribution in [0.3, 0.4) is 0 Å². The van der Waals surface area contributed by atoms with Crippen LogP contribution in [-0.2, 0) is 11.3 Å². The molecule has 0 atom stereocenters. The molecule has 0 spiro atoms. The van der Waals surface area contributed by atoms with E-state index in [1.54, 1.807) is 11.6 Å². The molecule has 0 aromatic carbocycles. The number of carbonyl (C=O) groups excluding carboxylic acids is 1. The molecule has 0 fully saturated rings. The predicted octanol–water partition coefficient (Wildman–Crippen LogP) is 0.400. The van der Waals surface area contributed by atoms with Gasteiger partial charge in [-0.05, 0) is 0 Å². The zero-order valence-electron chi connectivity index (χ0n) is 7.41. The minimum absolute atomic E-state index is 0.0814. The minimum Gasteiger partial charge on any atom is -0.300 e. The molecule has 2 heterocycles. The van der Waals surface area contributed by atoms with E-state index in [1.807, 2.05) is 0 Å². The van der Waals surface area contributed by atoms with Gasteiger partial charge in [-0.2, -0.15) is 5.10 Å². The number of nitrogens with zero attached hydrogens (tertiary/aromatic N) is 3. The fourth-order valence-corrected chi connectivity index (χ4v) is 1.95. The summed E-state index contributed by atoms with van der Waals surface area (Å²) >= 11 is 2.28. The lowest BCUT2D eigenvalue weighted by molar-refractivity contribution is -0.116. The molecule has 0 bridgehead atoms. The van der Waals surface area contributed by atoms with Crippen molar-refractivity contribution in [3.05, 3.63) is 26.8 Å². The molecule has 2 aromatic heterocycles. The van der Waals surface area contributed by atoms with Gasteiger partial charge in [-0.15, -0.1) is 11.3 Å². The molecule has 8 heteroatoms. The molecule has 0 aliphatic carbocycles. The Balaban J connectivity index is 1.99. The predicted molar refractivity (Wildman–Crippen MR) is 57.1 cm³/mol. The Morgan fingerprint density at radius 1 is 1.53 bits per heavy atom. The van der Waals surface area contributed by atoms with Gasteiger partial charge in [0.15, 0.2) is 5.13 Å². The summed E-state index contributed by atoms with van der Waals surface area (Å²) in [6, 6.07) is 0. The summed E-state index contributed by atoms with van der Waals surface area (Å²) < 4.78 is 1.10. The maximum Gasteiger partial charge on any atom is 0.325 e. The number of hydrogen-bond acceptors (Lipinski definition) is 6. The molecule has 2 rings (SSSR count). The molecule has 78 valence electrons. The lowest BCUT2D eigenvalue weighted by Crippen LogP contribution is -2.25. The van der Waals surface area contributed by atoms with Crippen molar-refractivity contribution in [1.29, 1.82) is 0 Å². The quantitative estimate of drug-likeness (QED) is 0.845. The summed E-state index contributed by atoms with van der Waals surface area (Å²) in [5.41, 5.74) is 1.40. The van der Waals surface area contributed by atoms with E-state index >= 15 is 0 Å². The molecule has 0 aliphatic heterocycles. The van der Waals surface area contributed by atoms with Crippen LogP contribution in [0.25, 0.3) is 0 Å². The van der Waals surface area contributed by atoms with Gasteiger partial charge >= 0.3 is 4.87 Å². The Labute approximate surface area is 92.2 Å². The molecule has 0 aliphatic rings. The van der Waals surface area contributed by atoms with Gasteiger partial charge in [0.1, 0.15) is 12.1 Å². The van der Waals surface area contributed by atoms with Gasteiger partial charge < -0.3 is 5.32 Å². The molecule has 1 N–H and O–H groups in total. The van der Waals surface area contributed by atoms with Crippen molar-refractivity contribution in [1.82, 2.24) is 14.8 Å². The van der Waals surface area contributed by atoms with Crippen molar-refractivity contribution in [3.63, 3.8) is 0 Å². The Hall–Kier alpha value is -1.54. The van der Waals surface area contributed by atoms with Crippen molar-refractivity contribution in [2.45, 2.75) is 6.54 Å². The molecular formula is C7H6N4O2S2. The first-order valence-corrected chi connectivity index (χ1v) is 5.71. The topological polar surface area (TPSA) is 76.9 Å². The summed E-state index contributed by atoms with van der Waals surface area (Å²) in [7, 11) is 0. The number of amides is 1. The van der Waals surface area contributed by atoms with Crippen LogP contribution in [0.4, 0.5) is 5.13 Å². The minimum atomic E-state index is -0.307. The monoisotopic (exact) mass is 242 g/mol. The highest BCUT2D eigenvalue weighted by Crippen LogP contribution is 2.09. The van der Waals surface area contributed by atoms with Crippen LogP contribution >= 0.6 is 22.7 Å². The fourth-order valence-electron chi connectivity index (χ4n) is 0.919. The Bertz CT molecular complexity index is 501. The molecule has 0 radical (unpaired) electrons. The maximum absolute atomic E-state index is 11.4. The highest BCUT2D eigenvalue weighted by molar-refractivity contribution is 7.13. The first-order valence-electron chi connectivity index (χ1n) is 3.95. The van der Waals surface area contributed by atoms with Gasteiger partial charge in [0.05, 0.1) is 0 Å². The number of hydrogen-bond donors (Lipinski definition) is 1. The van der Waals surface area contributed by atoms with Gasteiger partial charge in [-0.3, -0.25) is 9.59 Å². The second-order valence-electron chi connectivity index (χ2n) is 2.55. The summed E-state index contributed by atoms with van der Waals surface area (Å²) in [5.74, 6) is -0.307. The number of aromatic nitrogens is 3. The third-order valence-electron chi connectivity index (χ3n) is 1.52. The molecular weight excluding hydrogens is 236 g/mol. The molecule has 15 heavy (non-hydrogen) atoms. The zero-order valence-corrected chi connectivity index (χ0v) is 9.05. The van der Waals surface area contributed by atoms with Crippen molar-refractivity contribution >= 4 is 33.7 Å². The van der Waals surface area contributed by atoms with E-state index in [-0.39, 0.29) is 17.3 Å². The second-order valence-corrected chi connectivity index (χ2v) is 4.24. The average Bonchev–Trinajstić information content (AvgIpc) is 2.79. The number of nitrogens with one attached hydrogen (secondary N) is 1. The van der Waals surface area contributed by atoms with Crippen LogP contribution < -0.4 is 10.2 Å². The molecule has 1 amide bonds. The van der Waals surface area contributed by atoms with Gasteiger partial charge in [-0.25, -0.2) is 9.67 Å². The molecule has 0 saturated heterocycles. The van der Waals surface area contributed by atoms with E-state index in [2.05, 4.69) is 15.4 Å². The number of rotatable bonds is 3. The first-order chi connectivity index (χ1) is 7.25. The Morgan fingerprint density at radius 2 is 2.40 bits per heavy atom. The smallest absolute Gasteiger partial charge is 0.300 e. The van der Waals surface area contributed by atoms with Crippen LogP contribution in [0.5, 0.6) is 0 Å². The lowest BCUT2D eigenvalue weighted by Gasteiger charge is -1.99. The summed E-state index contributed by atoms with van der Waals surface area (Å²) in [4.78, 5) is 26.1. The summed E-state index contributed by atoms with van der Waals surface area (Å²) in [5, 5.41) is 8.56. The second kappa shape index (κ2) is 4.32. The van der Waals surface area contributed by atoms with Gasteiger partial charge in [0.2, 0.25) is 5.91 Å². The van der Waals surface area contributed by atoms with Crippen LogP contribution in [0.1, 0.15) is 0 Å². The number of anilines is 1. The third kappa shape index (κ3) is 2.48. The number of thiazole rings is 1. The normalized spacial score (nSPS) is 10.1. The van der Waals surface area contributed by atoms with E-state index in [4.69, 9.17) is 0 Å². The zero-order chi connectivity index (χ0) is 10.7. The van der Waals surface area contributed by atoms with Crippen molar-refractivity contribution < 1.29 is 4.79 Å². The number of carbonyl (C=O) groups is 1.